The Bertz CT molecular complexity index is 517. The molecule has 0 radical (unpaired) electrons. The molecule has 0 spiro atoms. The van der Waals surface area contributed by atoms with Gasteiger partial charge in [-0.1, -0.05) is 43.2 Å². The van der Waals surface area contributed by atoms with Crippen molar-refractivity contribution < 1.29 is 9.53 Å². The number of methoxy groups -OCH3 is 1. The van der Waals surface area contributed by atoms with E-state index in [-0.39, 0.29) is 11.3 Å². The molecule has 1 aliphatic carbocycles. The minimum atomic E-state index is -0.651. The van der Waals surface area contributed by atoms with Crippen molar-refractivity contribution in [2.45, 2.75) is 49.5 Å². The Hall–Kier alpha value is -1.39. The Labute approximate surface area is 139 Å². The number of nitrogens with one attached hydrogen (secondary N) is 2. The zero-order valence-corrected chi connectivity index (χ0v) is 14.1. The van der Waals surface area contributed by atoms with E-state index in [2.05, 4.69) is 41.0 Å². The minimum absolute atomic E-state index is 0.0590. The summed E-state index contributed by atoms with van der Waals surface area (Å²) in [6.45, 7) is 2.39. The number of piperidine rings is 1. The lowest BCUT2D eigenvalue weighted by Crippen LogP contribution is -2.55. The number of rotatable bonds is 5. The fourth-order valence-corrected chi connectivity index (χ4v) is 4.18. The highest BCUT2D eigenvalue weighted by Gasteiger charge is 2.42. The first-order valence-corrected chi connectivity index (χ1v) is 8.81. The van der Waals surface area contributed by atoms with Crippen molar-refractivity contribution in [3.63, 3.8) is 0 Å². The monoisotopic (exact) mass is 316 g/mol. The van der Waals surface area contributed by atoms with Crippen LogP contribution in [-0.4, -0.2) is 38.3 Å². The summed E-state index contributed by atoms with van der Waals surface area (Å²) in [6.07, 6.45) is 6.27. The van der Waals surface area contributed by atoms with Gasteiger partial charge in [-0.05, 0) is 44.3 Å². The van der Waals surface area contributed by atoms with Gasteiger partial charge in [0.15, 0.2) is 0 Å². The lowest BCUT2D eigenvalue weighted by Gasteiger charge is -2.37. The van der Waals surface area contributed by atoms with Gasteiger partial charge >= 0.3 is 0 Å². The van der Waals surface area contributed by atoms with E-state index >= 15 is 0 Å². The first kappa shape index (κ1) is 16.5. The van der Waals surface area contributed by atoms with Crippen LogP contribution >= 0.6 is 0 Å². The summed E-state index contributed by atoms with van der Waals surface area (Å²) in [5.41, 5.74) is 0.801. The van der Waals surface area contributed by atoms with Gasteiger partial charge in [0, 0.05) is 19.1 Å². The standard InChI is InChI=1S/C19H28N2O2/c1-23-19(11-13-20-14-12-19)17(22)21-15-18(9-5-6-10-18)16-7-3-2-4-8-16/h2-4,7-8,20H,5-6,9-15H2,1H3,(H,21,22). The van der Waals surface area contributed by atoms with Gasteiger partial charge in [-0.25, -0.2) is 0 Å². The third-order valence-corrected chi connectivity index (χ3v) is 5.75. The first-order chi connectivity index (χ1) is 11.2. The van der Waals surface area contributed by atoms with E-state index in [0.717, 1.165) is 38.8 Å². The molecular formula is C19H28N2O2. The van der Waals surface area contributed by atoms with Crippen LogP contribution in [0.2, 0.25) is 0 Å². The molecule has 1 saturated carbocycles. The summed E-state index contributed by atoms with van der Waals surface area (Å²) in [5.74, 6) is 0.0590. The Morgan fingerprint density at radius 2 is 1.78 bits per heavy atom. The van der Waals surface area contributed by atoms with E-state index in [1.54, 1.807) is 7.11 Å². The highest BCUT2D eigenvalue weighted by Crippen LogP contribution is 2.40. The summed E-state index contributed by atoms with van der Waals surface area (Å²) in [4.78, 5) is 12.8. The highest BCUT2D eigenvalue weighted by molar-refractivity contribution is 5.85. The molecule has 1 aromatic carbocycles. The normalized spacial score (nSPS) is 22.7. The van der Waals surface area contributed by atoms with Crippen LogP contribution in [0.4, 0.5) is 0 Å². The number of carbonyl (C=O) groups is 1. The van der Waals surface area contributed by atoms with Gasteiger partial charge in [0.2, 0.25) is 0 Å². The molecule has 1 aromatic rings. The molecule has 1 heterocycles. The fraction of sp³-hybridized carbons (Fsp3) is 0.632. The van der Waals surface area contributed by atoms with Crippen molar-refractivity contribution in [2.24, 2.45) is 0 Å². The van der Waals surface area contributed by atoms with Crippen LogP contribution in [0.3, 0.4) is 0 Å². The molecule has 0 bridgehead atoms. The quantitative estimate of drug-likeness (QED) is 0.877. The summed E-state index contributed by atoms with van der Waals surface area (Å²) in [7, 11) is 1.66. The maximum atomic E-state index is 12.8. The van der Waals surface area contributed by atoms with Gasteiger partial charge in [0.25, 0.3) is 5.91 Å². The second-order valence-corrected chi connectivity index (χ2v) is 6.98. The Morgan fingerprint density at radius 1 is 1.13 bits per heavy atom. The van der Waals surface area contributed by atoms with E-state index in [9.17, 15) is 4.79 Å². The summed E-state index contributed by atoms with van der Waals surface area (Å²) < 4.78 is 5.64. The van der Waals surface area contributed by atoms with Crippen LogP contribution in [0, 0.1) is 0 Å². The van der Waals surface area contributed by atoms with Crippen LogP contribution in [0.15, 0.2) is 30.3 Å². The third-order valence-electron chi connectivity index (χ3n) is 5.75. The van der Waals surface area contributed by atoms with Gasteiger partial charge in [-0.15, -0.1) is 0 Å². The molecule has 2 fully saturated rings. The zero-order valence-electron chi connectivity index (χ0n) is 14.1. The predicted molar refractivity (Wildman–Crippen MR) is 91.4 cm³/mol. The van der Waals surface area contributed by atoms with Crippen molar-refractivity contribution in [1.82, 2.24) is 10.6 Å². The van der Waals surface area contributed by atoms with Crippen molar-refractivity contribution in [3.05, 3.63) is 35.9 Å². The van der Waals surface area contributed by atoms with Crippen LogP contribution in [0.1, 0.15) is 44.1 Å². The molecule has 1 amide bonds. The lowest BCUT2D eigenvalue weighted by atomic mass is 9.78. The Morgan fingerprint density at radius 3 is 2.39 bits per heavy atom. The van der Waals surface area contributed by atoms with Gasteiger partial charge in [0.1, 0.15) is 5.60 Å². The number of carbonyl (C=O) groups excluding carboxylic acids is 1. The number of ether oxygens (including phenoxy) is 1. The molecule has 0 aromatic heterocycles. The van der Waals surface area contributed by atoms with Crippen molar-refractivity contribution in [3.8, 4) is 0 Å². The van der Waals surface area contributed by atoms with E-state index in [1.165, 1.54) is 18.4 Å². The van der Waals surface area contributed by atoms with Crippen molar-refractivity contribution in [2.75, 3.05) is 26.7 Å². The first-order valence-electron chi connectivity index (χ1n) is 8.81. The Balaban J connectivity index is 1.71. The highest BCUT2D eigenvalue weighted by atomic mass is 16.5. The summed E-state index contributed by atoms with van der Waals surface area (Å²) >= 11 is 0. The largest absolute Gasteiger partial charge is 0.368 e. The third kappa shape index (κ3) is 3.29. The number of amides is 1. The second kappa shape index (κ2) is 7.02. The number of hydrogen-bond acceptors (Lipinski definition) is 3. The molecule has 4 nitrogen and oxygen atoms in total. The predicted octanol–water partition coefficient (Wildman–Crippen LogP) is 2.38. The van der Waals surface area contributed by atoms with Crippen LogP contribution in [0.5, 0.6) is 0 Å². The van der Waals surface area contributed by atoms with Crippen molar-refractivity contribution in [1.29, 1.82) is 0 Å². The van der Waals surface area contributed by atoms with Crippen LogP contribution in [0.25, 0.3) is 0 Å². The second-order valence-electron chi connectivity index (χ2n) is 6.98. The molecule has 2 aliphatic rings. The maximum absolute atomic E-state index is 12.8. The fourth-order valence-electron chi connectivity index (χ4n) is 4.18. The molecule has 126 valence electrons. The average molecular weight is 316 g/mol. The van der Waals surface area contributed by atoms with Gasteiger partial charge in [-0.3, -0.25) is 4.79 Å². The van der Waals surface area contributed by atoms with Gasteiger partial charge < -0.3 is 15.4 Å². The van der Waals surface area contributed by atoms with Crippen LogP contribution in [-0.2, 0) is 14.9 Å². The molecule has 1 saturated heterocycles. The molecule has 2 N–H and O–H groups in total. The maximum Gasteiger partial charge on any atom is 0.252 e. The minimum Gasteiger partial charge on any atom is -0.368 e. The SMILES string of the molecule is COC1(C(=O)NCC2(c3ccccc3)CCCC2)CCNCC1. The summed E-state index contributed by atoms with van der Waals surface area (Å²) in [5, 5.41) is 6.53. The molecule has 1 aliphatic heterocycles. The molecule has 3 rings (SSSR count). The average Bonchev–Trinajstić information content (AvgIpc) is 3.11. The van der Waals surface area contributed by atoms with Gasteiger partial charge in [0.05, 0.1) is 0 Å². The summed E-state index contributed by atoms with van der Waals surface area (Å²) in [6, 6.07) is 10.7. The Kier molecular flexibility index (Phi) is 5.02. The topological polar surface area (TPSA) is 50.4 Å². The van der Waals surface area contributed by atoms with Crippen LogP contribution < -0.4 is 10.6 Å². The molecule has 0 atom stereocenters. The molecule has 0 unspecified atom stereocenters. The van der Waals surface area contributed by atoms with E-state index in [0.29, 0.717) is 6.54 Å². The zero-order chi connectivity index (χ0) is 16.2. The van der Waals surface area contributed by atoms with E-state index < -0.39 is 5.60 Å². The number of hydrogen-bond donors (Lipinski definition) is 2. The molecule has 4 heteroatoms. The van der Waals surface area contributed by atoms with Gasteiger partial charge in [-0.2, -0.15) is 0 Å². The molecular weight excluding hydrogens is 288 g/mol. The number of benzene rings is 1. The molecule has 23 heavy (non-hydrogen) atoms. The lowest BCUT2D eigenvalue weighted by molar-refractivity contribution is -0.147. The smallest absolute Gasteiger partial charge is 0.252 e. The van der Waals surface area contributed by atoms with Crippen molar-refractivity contribution >= 4 is 5.91 Å². The van der Waals surface area contributed by atoms with E-state index in [4.69, 9.17) is 4.74 Å². The van der Waals surface area contributed by atoms with E-state index in [1.807, 2.05) is 0 Å².